The molecule has 1 aliphatic heterocycles. The molecule has 1 heterocycles. The third-order valence-electron chi connectivity index (χ3n) is 4.97. The van der Waals surface area contributed by atoms with Crippen molar-refractivity contribution in [3.05, 3.63) is 65.0 Å². The molecule has 0 aromatic heterocycles. The summed E-state index contributed by atoms with van der Waals surface area (Å²) in [5, 5.41) is 0. The predicted molar refractivity (Wildman–Crippen MR) is 101 cm³/mol. The molecule has 0 bridgehead atoms. The number of nitrogens with zero attached hydrogens (tertiary/aromatic N) is 2. The maximum absolute atomic E-state index is 14.0. The molecule has 3 rings (SSSR count). The first-order chi connectivity index (χ1) is 13.8. The van der Waals surface area contributed by atoms with Crippen LogP contribution in [0.5, 0.6) is 0 Å². The summed E-state index contributed by atoms with van der Waals surface area (Å²) in [6, 6.07) is 6.99. The molecule has 10 heteroatoms. The number of nitrogens with one attached hydrogen (secondary N) is 1. The van der Waals surface area contributed by atoms with E-state index in [1.165, 1.54) is 24.3 Å². The second kappa shape index (κ2) is 8.93. The van der Waals surface area contributed by atoms with E-state index in [9.17, 15) is 26.7 Å². The number of hydrogen-bond acceptors (Lipinski definition) is 4. The molecule has 1 amide bonds. The average Bonchev–Trinajstić information content (AvgIpc) is 2.70. The van der Waals surface area contributed by atoms with E-state index in [-0.39, 0.29) is 11.5 Å². The number of piperazine rings is 1. The highest BCUT2D eigenvalue weighted by Crippen LogP contribution is 2.26. The summed E-state index contributed by atoms with van der Waals surface area (Å²) in [5.41, 5.74) is 0.838. The van der Waals surface area contributed by atoms with Crippen molar-refractivity contribution in [3.8, 4) is 0 Å². The van der Waals surface area contributed by atoms with E-state index in [0.717, 1.165) is 6.07 Å². The quantitative estimate of drug-likeness (QED) is 0.589. The first-order valence-corrected chi connectivity index (χ1v) is 9.97. The van der Waals surface area contributed by atoms with Gasteiger partial charge in [0, 0.05) is 66.4 Å². The lowest BCUT2D eigenvalue weighted by Crippen LogP contribution is -2.49. The summed E-state index contributed by atoms with van der Waals surface area (Å²) in [7, 11) is 0. The fourth-order valence-corrected chi connectivity index (χ4v) is 3.66. The number of benzene rings is 2. The van der Waals surface area contributed by atoms with Gasteiger partial charge in [-0.3, -0.25) is 13.9 Å². The van der Waals surface area contributed by atoms with Gasteiger partial charge in [-0.25, -0.2) is 13.2 Å². The molecule has 1 aliphatic rings. The Morgan fingerprint density at radius 3 is 2.21 bits per heavy atom. The number of rotatable bonds is 5. The minimum absolute atomic E-state index is 0.0718. The lowest BCUT2D eigenvalue weighted by atomic mass is 10.0. The van der Waals surface area contributed by atoms with Crippen molar-refractivity contribution in [1.29, 1.82) is 0 Å². The molecule has 2 unspecified atom stereocenters. The first kappa shape index (κ1) is 21.3. The van der Waals surface area contributed by atoms with Gasteiger partial charge in [-0.05, 0) is 37.3 Å². The highest BCUT2D eigenvalue weighted by Gasteiger charge is 2.27. The van der Waals surface area contributed by atoms with Crippen LogP contribution in [0.2, 0.25) is 0 Å². The first-order valence-electron chi connectivity index (χ1n) is 8.90. The largest absolute Gasteiger partial charge is 0.755 e. The van der Waals surface area contributed by atoms with Crippen molar-refractivity contribution < 1.29 is 26.7 Å². The number of carbonyl (C=O) groups is 1. The molecule has 0 aliphatic carbocycles. The topological polar surface area (TPSA) is 75.7 Å². The van der Waals surface area contributed by atoms with Crippen LogP contribution in [-0.2, 0) is 11.3 Å². The minimum Gasteiger partial charge on any atom is -0.755 e. The number of hydrogen-bond donors (Lipinski definition) is 1. The summed E-state index contributed by atoms with van der Waals surface area (Å²) in [5.74, 6) is -3.33. The molecule has 29 heavy (non-hydrogen) atoms. The molecule has 1 saturated heterocycles. The van der Waals surface area contributed by atoms with E-state index in [4.69, 9.17) is 0 Å². The molecule has 0 spiro atoms. The molecular formula is C19H19F3N3O3S-. The summed E-state index contributed by atoms with van der Waals surface area (Å²) in [6.45, 7) is 3.37. The summed E-state index contributed by atoms with van der Waals surface area (Å²) >= 11 is -2.44. The van der Waals surface area contributed by atoms with Crippen molar-refractivity contribution in [2.75, 3.05) is 30.9 Å². The van der Waals surface area contributed by atoms with Crippen molar-refractivity contribution in [2.24, 2.45) is 0 Å². The Hall–Kier alpha value is -2.43. The Kier molecular flexibility index (Phi) is 6.56. The molecule has 0 saturated carbocycles. The Labute approximate surface area is 168 Å². The van der Waals surface area contributed by atoms with Crippen LogP contribution in [0, 0.1) is 17.5 Å². The van der Waals surface area contributed by atoms with Gasteiger partial charge in [0.05, 0.1) is 0 Å². The summed E-state index contributed by atoms with van der Waals surface area (Å²) in [6.07, 6.45) is 0. The monoisotopic (exact) mass is 426 g/mol. The second-order valence-electron chi connectivity index (χ2n) is 6.71. The number of halogens is 3. The van der Waals surface area contributed by atoms with Gasteiger partial charge in [0.25, 0.3) is 5.91 Å². The minimum atomic E-state index is -2.44. The van der Waals surface area contributed by atoms with E-state index >= 15 is 0 Å². The Balaban J connectivity index is 1.62. The molecule has 6 nitrogen and oxygen atoms in total. The van der Waals surface area contributed by atoms with E-state index in [1.807, 2.05) is 4.90 Å². The van der Waals surface area contributed by atoms with Crippen LogP contribution in [-0.4, -0.2) is 50.6 Å². The van der Waals surface area contributed by atoms with Gasteiger partial charge >= 0.3 is 0 Å². The standard InChI is InChI=1S/C19H20F3N3O3S/c1-12(15-10-17(21)18(22)11-16(15)20)24-6-8-25(9-7-24)19(26)13-2-4-14(5-3-13)23-29(27)28/h2-5,10-12,23H,6-9H2,1H3,(H,27,28)/p-1. The fraction of sp³-hybridized carbons (Fsp3) is 0.316. The SMILES string of the molecule is CC(c1cc(F)c(F)cc1F)N1CCN(C(=O)c2ccc(NS(=O)[O-])cc2)CC1. The van der Waals surface area contributed by atoms with Gasteiger partial charge in [0.15, 0.2) is 11.6 Å². The van der Waals surface area contributed by atoms with Gasteiger partial charge in [-0.1, -0.05) is 0 Å². The van der Waals surface area contributed by atoms with Gasteiger partial charge < -0.3 is 14.2 Å². The van der Waals surface area contributed by atoms with Gasteiger partial charge in [0.1, 0.15) is 5.82 Å². The van der Waals surface area contributed by atoms with Crippen LogP contribution in [0.15, 0.2) is 36.4 Å². The van der Waals surface area contributed by atoms with Crippen LogP contribution in [0.4, 0.5) is 18.9 Å². The summed E-state index contributed by atoms with van der Waals surface area (Å²) in [4.78, 5) is 16.2. The number of anilines is 1. The van der Waals surface area contributed by atoms with E-state index in [1.54, 1.807) is 11.8 Å². The normalized spacial score (nSPS) is 17.1. The molecule has 2 aromatic carbocycles. The highest BCUT2D eigenvalue weighted by atomic mass is 32.2. The lowest BCUT2D eigenvalue weighted by Gasteiger charge is -2.38. The lowest BCUT2D eigenvalue weighted by molar-refractivity contribution is 0.0578. The van der Waals surface area contributed by atoms with Crippen LogP contribution in [0.3, 0.4) is 0 Å². The smallest absolute Gasteiger partial charge is 0.253 e. The Morgan fingerprint density at radius 1 is 1.03 bits per heavy atom. The third kappa shape index (κ3) is 4.95. The molecule has 0 radical (unpaired) electrons. The molecule has 156 valence electrons. The second-order valence-corrected chi connectivity index (χ2v) is 7.38. The zero-order chi connectivity index (χ0) is 21.1. The van der Waals surface area contributed by atoms with Crippen LogP contribution in [0.1, 0.15) is 28.9 Å². The van der Waals surface area contributed by atoms with Gasteiger partial charge in [-0.15, -0.1) is 0 Å². The molecule has 1 fully saturated rings. The zero-order valence-corrected chi connectivity index (χ0v) is 16.3. The maximum atomic E-state index is 14.0. The molecular weight excluding hydrogens is 407 g/mol. The average molecular weight is 426 g/mol. The van der Waals surface area contributed by atoms with Crippen LogP contribution >= 0.6 is 0 Å². The fourth-order valence-electron chi connectivity index (χ4n) is 3.33. The Morgan fingerprint density at radius 2 is 1.62 bits per heavy atom. The van der Waals surface area contributed by atoms with Gasteiger partial charge in [-0.2, -0.15) is 0 Å². The van der Waals surface area contributed by atoms with Crippen molar-refractivity contribution in [3.63, 3.8) is 0 Å². The van der Waals surface area contributed by atoms with E-state index < -0.39 is 34.8 Å². The predicted octanol–water partition coefficient (Wildman–Crippen LogP) is 2.83. The van der Waals surface area contributed by atoms with Crippen molar-refractivity contribution in [1.82, 2.24) is 9.80 Å². The van der Waals surface area contributed by atoms with E-state index in [2.05, 4.69) is 4.72 Å². The molecule has 2 atom stereocenters. The van der Waals surface area contributed by atoms with Crippen LogP contribution in [0.25, 0.3) is 0 Å². The maximum Gasteiger partial charge on any atom is 0.253 e. The van der Waals surface area contributed by atoms with Crippen molar-refractivity contribution in [2.45, 2.75) is 13.0 Å². The van der Waals surface area contributed by atoms with Crippen LogP contribution < -0.4 is 4.72 Å². The zero-order valence-electron chi connectivity index (χ0n) is 15.5. The number of carbonyl (C=O) groups excluding carboxylic acids is 1. The molecule has 2 aromatic rings. The highest BCUT2D eigenvalue weighted by molar-refractivity contribution is 7.80. The van der Waals surface area contributed by atoms with Crippen molar-refractivity contribution >= 4 is 22.9 Å². The Bertz CT molecular complexity index is 919. The third-order valence-corrected chi connectivity index (χ3v) is 5.37. The van der Waals surface area contributed by atoms with Gasteiger partial charge in [0.2, 0.25) is 0 Å². The summed E-state index contributed by atoms with van der Waals surface area (Å²) < 4.78 is 64.1. The van der Waals surface area contributed by atoms with E-state index in [0.29, 0.717) is 43.5 Å². The molecule has 1 N–H and O–H groups in total. The number of amides is 1.